The van der Waals surface area contributed by atoms with Crippen molar-refractivity contribution in [3.05, 3.63) is 47.5 Å². The number of hydrogen-bond acceptors (Lipinski definition) is 3. The van der Waals surface area contributed by atoms with Gasteiger partial charge in [0.2, 0.25) is 0 Å². The molecule has 1 heterocycles. The summed E-state index contributed by atoms with van der Waals surface area (Å²) < 4.78 is 13.2. The third-order valence-corrected chi connectivity index (χ3v) is 1.91. The molecule has 0 saturated heterocycles. The molecule has 72 valence electrons. The number of hydrogen-bond donors (Lipinski definition) is 2. The Morgan fingerprint density at radius 2 is 2.14 bits per heavy atom. The molecule has 0 fully saturated rings. The number of halogens is 1. The zero-order chi connectivity index (χ0) is 9.97. The van der Waals surface area contributed by atoms with E-state index < -0.39 is 11.9 Å². The number of aromatic amines is 1. The highest BCUT2D eigenvalue weighted by molar-refractivity contribution is 5.25. The van der Waals surface area contributed by atoms with Crippen molar-refractivity contribution in [3.8, 4) is 0 Å². The van der Waals surface area contributed by atoms with Crippen LogP contribution in [0.4, 0.5) is 4.39 Å². The number of nitrogens with one attached hydrogen (secondary N) is 1. The molecular formula is C9H8FN3O. The van der Waals surface area contributed by atoms with E-state index in [0.29, 0.717) is 5.69 Å². The lowest BCUT2D eigenvalue weighted by atomic mass is 10.1. The fourth-order valence-corrected chi connectivity index (χ4v) is 1.20. The van der Waals surface area contributed by atoms with E-state index in [0.717, 1.165) is 0 Å². The lowest BCUT2D eigenvalue weighted by Crippen LogP contribution is -2.02. The third kappa shape index (κ3) is 1.49. The fourth-order valence-electron chi connectivity index (χ4n) is 1.20. The third-order valence-electron chi connectivity index (χ3n) is 1.91. The van der Waals surface area contributed by atoms with Gasteiger partial charge >= 0.3 is 0 Å². The van der Waals surface area contributed by atoms with Gasteiger partial charge in [-0.25, -0.2) is 4.39 Å². The van der Waals surface area contributed by atoms with Crippen molar-refractivity contribution in [2.24, 2.45) is 0 Å². The summed E-state index contributed by atoms with van der Waals surface area (Å²) in [4.78, 5) is 0. The minimum absolute atomic E-state index is 0.196. The zero-order valence-corrected chi connectivity index (χ0v) is 7.18. The van der Waals surface area contributed by atoms with Crippen LogP contribution in [-0.4, -0.2) is 20.5 Å². The van der Waals surface area contributed by atoms with Crippen molar-refractivity contribution >= 4 is 0 Å². The molecule has 0 aliphatic heterocycles. The Labute approximate surface area is 79.4 Å². The molecule has 0 aliphatic rings. The van der Waals surface area contributed by atoms with Crippen LogP contribution in [0.3, 0.4) is 0 Å². The maximum absolute atomic E-state index is 13.2. The summed E-state index contributed by atoms with van der Waals surface area (Å²) in [6.45, 7) is 0. The van der Waals surface area contributed by atoms with E-state index in [4.69, 9.17) is 0 Å². The molecule has 0 spiro atoms. The van der Waals surface area contributed by atoms with E-state index >= 15 is 0 Å². The maximum Gasteiger partial charge on any atom is 0.129 e. The minimum atomic E-state index is -1.07. The molecular weight excluding hydrogens is 185 g/mol. The van der Waals surface area contributed by atoms with Crippen LogP contribution in [-0.2, 0) is 0 Å². The standard InChI is InChI=1S/C9H8FN3O/c10-7-4-2-1-3-6(7)9(14)8-5-11-13-12-8/h1-5,9,14H,(H,11,12,13). The number of H-pyrrole nitrogens is 1. The molecule has 2 aromatic rings. The Morgan fingerprint density at radius 1 is 1.36 bits per heavy atom. The second kappa shape index (κ2) is 3.55. The van der Waals surface area contributed by atoms with Crippen LogP contribution in [0, 0.1) is 5.82 Å². The van der Waals surface area contributed by atoms with E-state index in [1.54, 1.807) is 12.1 Å². The van der Waals surface area contributed by atoms with Gasteiger partial charge in [0.25, 0.3) is 0 Å². The summed E-state index contributed by atoms with van der Waals surface area (Å²) in [6.07, 6.45) is 0.284. The molecule has 0 saturated carbocycles. The predicted octanol–water partition coefficient (Wildman–Crippen LogP) is 1.03. The van der Waals surface area contributed by atoms with Crippen molar-refractivity contribution < 1.29 is 9.50 Å². The number of aliphatic hydroxyl groups is 1. The van der Waals surface area contributed by atoms with E-state index in [2.05, 4.69) is 15.4 Å². The highest BCUT2D eigenvalue weighted by atomic mass is 19.1. The van der Waals surface area contributed by atoms with Gasteiger partial charge < -0.3 is 5.11 Å². The Morgan fingerprint density at radius 3 is 2.79 bits per heavy atom. The molecule has 1 unspecified atom stereocenters. The molecule has 5 heteroatoms. The number of rotatable bonds is 2. The second-order valence-corrected chi connectivity index (χ2v) is 2.82. The molecule has 0 amide bonds. The van der Waals surface area contributed by atoms with Gasteiger partial charge in [-0.15, -0.1) is 0 Å². The van der Waals surface area contributed by atoms with Crippen LogP contribution in [0.25, 0.3) is 0 Å². The monoisotopic (exact) mass is 193 g/mol. The Hall–Kier alpha value is -1.75. The van der Waals surface area contributed by atoms with Crippen LogP contribution in [0.2, 0.25) is 0 Å². The highest BCUT2D eigenvalue weighted by Gasteiger charge is 2.16. The van der Waals surface area contributed by atoms with Crippen LogP contribution >= 0.6 is 0 Å². The zero-order valence-electron chi connectivity index (χ0n) is 7.18. The molecule has 1 atom stereocenters. The number of benzene rings is 1. The van der Waals surface area contributed by atoms with Crippen LogP contribution in [0.1, 0.15) is 17.4 Å². The first kappa shape index (κ1) is 8.83. The van der Waals surface area contributed by atoms with Gasteiger partial charge in [0, 0.05) is 5.56 Å². The lowest BCUT2D eigenvalue weighted by Gasteiger charge is -2.07. The van der Waals surface area contributed by atoms with Crippen LogP contribution in [0.15, 0.2) is 30.5 Å². The van der Waals surface area contributed by atoms with Crippen LogP contribution < -0.4 is 0 Å². The molecule has 2 N–H and O–H groups in total. The summed E-state index contributed by atoms with van der Waals surface area (Å²) >= 11 is 0. The van der Waals surface area contributed by atoms with Crippen molar-refractivity contribution in [3.63, 3.8) is 0 Å². The van der Waals surface area contributed by atoms with E-state index in [9.17, 15) is 9.50 Å². The Kier molecular flexibility index (Phi) is 2.24. The number of aliphatic hydroxyl groups excluding tert-OH is 1. The van der Waals surface area contributed by atoms with Gasteiger partial charge in [0.15, 0.2) is 0 Å². The summed E-state index contributed by atoms with van der Waals surface area (Å²) in [5, 5.41) is 19.3. The minimum Gasteiger partial charge on any atom is -0.382 e. The van der Waals surface area contributed by atoms with Gasteiger partial charge in [0.1, 0.15) is 17.6 Å². The Balaban J connectivity index is 2.37. The average molecular weight is 193 g/mol. The first-order chi connectivity index (χ1) is 6.79. The van der Waals surface area contributed by atoms with Gasteiger partial charge in [-0.1, -0.05) is 18.2 Å². The predicted molar refractivity (Wildman–Crippen MR) is 46.8 cm³/mol. The van der Waals surface area contributed by atoms with Gasteiger partial charge in [-0.3, -0.25) is 0 Å². The lowest BCUT2D eigenvalue weighted by molar-refractivity contribution is 0.210. The topological polar surface area (TPSA) is 61.8 Å². The quantitative estimate of drug-likeness (QED) is 0.748. The smallest absolute Gasteiger partial charge is 0.129 e. The number of aromatic nitrogens is 3. The molecule has 14 heavy (non-hydrogen) atoms. The normalized spacial score (nSPS) is 12.7. The molecule has 0 bridgehead atoms. The van der Waals surface area contributed by atoms with E-state index in [1.165, 1.54) is 18.3 Å². The van der Waals surface area contributed by atoms with Crippen molar-refractivity contribution in [1.82, 2.24) is 15.4 Å². The largest absolute Gasteiger partial charge is 0.382 e. The SMILES string of the molecule is OC(c1cn[nH]n1)c1ccccc1F. The highest BCUT2D eigenvalue weighted by Crippen LogP contribution is 2.21. The summed E-state index contributed by atoms with van der Waals surface area (Å²) in [5.74, 6) is -0.456. The number of nitrogens with zero attached hydrogens (tertiary/aromatic N) is 2. The first-order valence-electron chi connectivity index (χ1n) is 4.07. The molecule has 2 rings (SSSR count). The Bertz CT molecular complexity index is 416. The molecule has 1 aromatic carbocycles. The van der Waals surface area contributed by atoms with Crippen molar-refractivity contribution in [1.29, 1.82) is 0 Å². The van der Waals surface area contributed by atoms with E-state index in [1.807, 2.05) is 0 Å². The summed E-state index contributed by atoms with van der Waals surface area (Å²) in [6, 6.07) is 6.02. The molecule has 4 nitrogen and oxygen atoms in total. The molecule has 1 aromatic heterocycles. The average Bonchev–Trinajstić information content (AvgIpc) is 2.70. The molecule has 0 aliphatic carbocycles. The van der Waals surface area contributed by atoms with E-state index in [-0.39, 0.29) is 5.56 Å². The van der Waals surface area contributed by atoms with Gasteiger partial charge in [-0.2, -0.15) is 15.4 Å². The first-order valence-corrected chi connectivity index (χ1v) is 4.07. The summed E-state index contributed by atoms with van der Waals surface area (Å²) in [5.41, 5.74) is 0.497. The van der Waals surface area contributed by atoms with Gasteiger partial charge in [0.05, 0.1) is 6.20 Å². The molecule has 0 radical (unpaired) electrons. The summed E-state index contributed by atoms with van der Waals surface area (Å²) in [7, 11) is 0. The van der Waals surface area contributed by atoms with Crippen molar-refractivity contribution in [2.45, 2.75) is 6.10 Å². The van der Waals surface area contributed by atoms with Gasteiger partial charge in [-0.05, 0) is 6.07 Å². The van der Waals surface area contributed by atoms with Crippen LogP contribution in [0.5, 0.6) is 0 Å². The van der Waals surface area contributed by atoms with Crippen molar-refractivity contribution in [2.75, 3.05) is 0 Å². The fraction of sp³-hybridized carbons (Fsp3) is 0.111. The second-order valence-electron chi connectivity index (χ2n) is 2.82. The maximum atomic E-state index is 13.2.